The molecule has 3 heteroatoms. The second-order valence-corrected chi connectivity index (χ2v) is 3.66. The predicted octanol–water partition coefficient (Wildman–Crippen LogP) is 0.957. The van der Waals surface area contributed by atoms with Crippen LogP contribution in [0.25, 0.3) is 0 Å². The van der Waals surface area contributed by atoms with Crippen LogP contribution < -0.4 is 5.32 Å². The fraction of sp³-hybridized carbons (Fsp3) is 1.00. The van der Waals surface area contributed by atoms with Crippen LogP contribution in [-0.2, 0) is 0 Å². The van der Waals surface area contributed by atoms with E-state index in [-0.39, 0.29) is 0 Å². The van der Waals surface area contributed by atoms with Crippen LogP contribution in [0, 0.1) is 0 Å². The van der Waals surface area contributed by atoms with Gasteiger partial charge >= 0.3 is 0 Å². The van der Waals surface area contributed by atoms with Crippen molar-refractivity contribution in [3.05, 3.63) is 0 Å². The van der Waals surface area contributed by atoms with Gasteiger partial charge < -0.3 is 10.2 Å². The van der Waals surface area contributed by atoms with Crippen molar-refractivity contribution in [1.29, 1.82) is 0 Å². The van der Waals surface area contributed by atoms with E-state index in [1.807, 2.05) is 6.92 Å². The molecule has 0 heterocycles. The first-order valence-electron chi connectivity index (χ1n) is 4.84. The van der Waals surface area contributed by atoms with E-state index in [1.54, 1.807) is 0 Å². The maximum absolute atomic E-state index is 9.90. The van der Waals surface area contributed by atoms with Gasteiger partial charge in [-0.3, -0.25) is 5.32 Å². The van der Waals surface area contributed by atoms with Crippen LogP contribution in [0.5, 0.6) is 0 Å². The van der Waals surface area contributed by atoms with Crippen LogP contribution in [0.2, 0.25) is 0 Å². The molecule has 0 spiro atoms. The largest absolute Gasteiger partial charge is 0.379 e. The Morgan fingerprint density at radius 3 is 2.42 bits per heavy atom. The van der Waals surface area contributed by atoms with Crippen molar-refractivity contribution in [2.45, 2.75) is 57.4 Å². The second kappa shape index (κ2) is 4.21. The summed E-state index contributed by atoms with van der Waals surface area (Å²) in [5.41, 5.74) is -0.798. The fourth-order valence-corrected chi connectivity index (χ4v) is 1.69. The third-order valence-corrected chi connectivity index (χ3v) is 2.50. The molecule has 0 aromatic rings. The van der Waals surface area contributed by atoms with Crippen molar-refractivity contribution < 1.29 is 10.2 Å². The molecule has 1 atom stereocenters. The zero-order chi connectivity index (χ0) is 9.03. The molecule has 0 saturated heterocycles. The quantitative estimate of drug-likeness (QED) is 0.557. The van der Waals surface area contributed by atoms with E-state index in [0.717, 1.165) is 25.7 Å². The summed E-state index contributed by atoms with van der Waals surface area (Å²) in [4.78, 5) is 0. The summed E-state index contributed by atoms with van der Waals surface area (Å²) in [5.74, 6) is 0. The van der Waals surface area contributed by atoms with Crippen molar-refractivity contribution in [3.8, 4) is 0 Å². The van der Waals surface area contributed by atoms with Crippen molar-refractivity contribution in [1.82, 2.24) is 5.32 Å². The fourth-order valence-electron chi connectivity index (χ4n) is 1.69. The Kier molecular flexibility index (Phi) is 3.50. The number of nitrogens with one attached hydrogen (secondary N) is 1. The minimum absolute atomic E-state index is 0.562. The summed E-state index contributed by atoms with van der Waals surface area (Å²) in [5, 5.41) is 22.1. The van der Waals surface area contributed by atoms with E-state index in [4.69, 9.17) is 0 Å². The van der Waals surface area contributed by atoms with E-state index in [1.165, 1.54) is 6.42 Å². The van der Waals surface area contributed by atoms with Crippen LogP contribution >= 0.6 is 0 Å². The van der Waals surface area contributed by atoms with E-state index < -0.39 is 12.0 Å². The van der Waals surface area contributed by atoms with Gasteiger partial charge in [0.15, 0.2) is 0 Å². The SMILES string of the molecule is CCC(O)NC1(O)CCCCC1. The van der Waals surface area contributed by atoms with Gasteiger partial charge in [0.25, 0.3) is 0 Å². The van der Waals surface area contributed by atoms with E-state index in [9.17, 15) is 10.2 Å². The lowest BCUT2D eigenvalue weighted by molar-refractivity contribution is -0.0710. The summed E-state index contributed by atoms with van der Waals surface area (Å²) >= 11 is 0. The maximum atomic E-state index is 9.90. The third kappa shape index (κ3) is 2.73. The minimum Gasteiger partial charge on any atom is -0.379 e. The number of rotatable bonds is 3. The molecule has 1 aliphatic rings. The molecule has 12 heavy (non-hydrogen) atoms. The van der Waals surface area contributed by atoms with Crippen LogP contribution in [0.1, 0.15) is 45.4 Å². The summed E-state index contributed by atoms with van der Waals surface area (Å²) in [6.45, 7) is 1.89. The van der Waals surface area contributed by atoms with Gasteiger partial charge in [0, 0.05) is 0 Å². The summed E-state index contributed by atoms with van der Waals surface area (Å²) < 4.78 is 0. The lowest BCUT2D eigenvalue weighted by atomic mass is 9.91. The molecule has 0 aromatic heterocycles. The molecule has 1 unspecified atom stereocenters. The maximum Gasteiger partial charge on any atom is 0.117 e. The molecule has 0 amide bonds. The first-order chi connectivity index (χ1) is 5.66. The number of aliphatic hydroxyl groups excluding tert-OH is 1. The number of hydrogen-bond acceptors (Lipinski definition) is 3. The zero-order valence-corrected chi connectivity index (χ0v) is 7.71. The highest BCUT2D eigenvalue weighted by Crippen LogP contribution is 2.25. The van der Waals surface area contributed by atoms with Gasteiger partial charge in [-0.25, -0.2) is 0 Å². The van der Waals surface area contributed by atoms with Crippen LogP contribution in [0.3, 0.4) is 0 Å². The summed E-state index contributed by atoms with van der Waals surface area (Å²) in [6.07, 6.45) is 4.93. The standard InChI is InChI=1S/C9H19NO2/c1-2-8(11)10-9(12)6-4-3-5-7-9/h8,10-12H,2-7H2,1H3. The molecule has 0 aromatic carbocycles. The lowest BCUT2D eigenvalue weighted by Crippen LogP contribution is -2.51. The average molecular weight is 173 g/mol. The molecular weight excluding hydrogens is 154 g/mol. The van der Waals surface area contributed by atoms with Gasteiger partial charge in [0.05, 0.1) is 0 Å². The van der Waals surface area contributed by atoms with Crippen LogP contribution in [0.15, 0.2) is 0 Å². The molecule has 1 fully saturated rings. The van der Waals surface area contributed by atoms with Gasteiger partial charge in [-0.1, -0.05) is 13.3 Å². The Morgan fingerprint density at radius 1 is 1.33 bits per heavy atom. The third-order valence-electron chi connectivity index (χ3n) is 2.50. The Labute approximate surface area is 73.8 Å². The molecule has 0 aliphatic heterocycles. The highest BCUT2D eigenvalue weighted by atomic mass is 16.3. The van der Waals surface area contributed by atoms with Gasteiger partial charge in [-0.15, -0.1) is 0 Å². The molecule has 1 aliphatic carbocycles. The molecule has 1 saturated carbocycles. The predicted molar refractivity (Wildman–Crippen MR) is 47.5 cm³/mol. The van der Waals surface area contributed by atoms with Crippen molar-refractivity contribution in [2.75, 3.05) is 0 Å². The zero-order valence-electron chi connectivity index (χ0n) is 7.71. The average Bonchev–Trinajstić information content (AvgIpc) is 2.05. The van der Waals surface area contributed by atoms with Crippen molar-refractivity contribution >= 4 is 0 Å². The Balaban J connectivity index is 2.35. The lowest BCUT2D eigenvalue weighted by Gasteiger charge is -2.34. The molecule has 72 valence electrons. The first-order valence-corrected chi connectivity index (χ1v) is 4.84. The summed E-state index contributed by atoms with van der Waals surface area (Å²) in [7, 11) is 0. The van der Waals surface area contributed by atoms with Gasteiger partial charge in [0.2, 0.25) is 0 Å². The molecule has 3 nitrogen and oxygen atoms in total. The monoisotopic (exact) mass is 173 g/mol. The van der Waals surface area contributed by atoms with Crippen LogP contribution in [0.4, 0.5) is 0 Å². The smallest absolute Gasteiger partial charge is 0.117 e. The Bertz CT molecular complexity index is 132. The highest BCUT2D eigenvalue weighted by Gasteiger charge is 2.29. The first kappa shape index (κ1) is 9.96. The van der Waals surface area contributed by atoms with E-state index >= 15 is 0 Å². The van der Waals surface area contributed by atoms with Gasteiger partial charge in [0.1, 0.15) is 12.0 Å². The van der Waals surface area contributed by atoms with Crippen LogP contribution in [-0.4, -0.2) is 22.2 Å². The van der Waals surface area contributed by atoms with E-state index in [0.29, 0.717) is 6.42 Å². The molecular formula is C9H19NO2. The normalized spacial score (nSPS) is 25.2. The second-order valence-electron chi connectivity index (χ2n) is 3.66. The van der Waals surface area contributed by atoms with Gasteiger partial charge in [-0.2, -0.15) is 0 Å². The minimum atomic E-state index is -0.798. The molecule has 0 bridgehead atoms. The van der Waals surface area contributed by atoms with E-state index in [2.05, 4.69) is 5.32 Å². The molecule has 1 rings (SSSR count). The summed E-state index contributed by atoms with van der Waals surface area (Å²) in [6, 6.07) is 0. The number of hydrogen-bond donors (Lipinski definition) is 3. The molecule has 3 N–H and O–H groups in total. The van der Waals surface area contributed by atoms with Gasteiger partial charge in [-0.05, 0) is 32.1 Å². The Hall–Kier alpha value is -0.120. The topological polar surface area (TPSA) is 52.5 Å². The van der Waals surface area contributed by atoms with Crippen molar-refractivity contribution in [3.63, 3.8) is 0 Å². The highest BCUT2D eigenvalue weighted by molar-refractivity contribution is 4.80. The number of aliphatic hydroxyl groups is 2. The molecule has 0 radical (unpaired) electrons. The van der Waals surface area contributed by atoms with Crippen molar-refractivity contribution in [2.24, 2.45) is 0 Å². The Morgan fingerprint density at radius 2 is 1.92 bits per heavy atom.